The van der Waals surface area contributed by atoms with Crippen molar-refractivity contribution in [1.29, 1.82) is 0 Å². The van der Waals surface area contributed by atoms with E-state index in [0.29, 0.717) is 24.6 Å². The van der Waals surface area contributed by atoms with Crippen LogP contribution in [0, 0.1) is 11.8 Å². The number of halogens is 1. The molecule has 1 saturated carbocycles. The van der Waals surface area contributed by atoms with Gasteiger partial charge >= 0.3 is 0 Å². The van der Waals surface area contributed by atoms with Gasteiger partial charge in [0.25, 0.3) is 0 Å². The summed E-state index contributed by atoms with van der Waals surface area (Å²) in [4.78, 5) is 26.5. The molecule has 24 heavy (non-hydrogen) atoms. The van der Waals surface area contributed by atoms with E-state index in [1.165, 1.54) is 12.8 Å². The van der Waals surface area contributed by atoms with E-state index >= 15 is 0 Å². The van der Waals surface area contributed by atoms with Crippen molar-refractivity contribution in [1.82, 2.24) is 10.2 Å². The van der Waals surface area contributed by atoms with Crippen LogP contribution in [-0.4, -0.2) is 36.3 Å². The van der Waals surface area contributed by atoms with Crippen molar-refractivity contribution in [3.63, 3.8) is 0 Å². The van der Waals surface area contributed by atoms with Gasteiger partial charge in [-0.05, 0) is 49.3 Å². The molecule has 1 aromatic rings. The molecule has 0 aromatic heterocycles. The molecule has 1 saturated heterocycles. The van der Waals surface area contributed by atoms with Gasteiger partial charge in [-0.2, -0.15) is 0 Å². The van der Waals surface area contributed by atoms with Crippen LogP contribution in [0.25, 0.3) is 0 Å². The quantitative estimate of drug-likeness (QED) is 0.797. The third-order valence-corrected chi connectivity index (χ3v) is 4.74. The van der Waals surface area contributed by atoms with Crippen molar-refractivity contribution >= 4 is 29.9 Å². The number of hydrogen-bond donors (Lipinski definition) is 2. The Hall–Kier alpha value is -1.75. The third-order valence-electron chi connectivity index (χ3n) is 4.74. The second-order valence-corrected chi connectivity index (χ2v) is 6.79. The van der Waals surface area contributed by atoms with Crippen LogP contribution in [0.5, 0.6) is 0 Å². The van der Waals surface area contributed by atoms with Crippen LogP contribution in [0.1, 0.15) is 31.2 Å². The smallest absolute Gasteiger partial charge is 0.227 e. The van der Waals surface area contributed by atoms with Gasteiger partial charge in [-0.15, -0.1) is 12.4 Å². The number of nitrogens with zero attached hydrogens (tertiary/aromatic N) is 1. The lowest BCUT2D eigenvalue weighted by Crippen LogP contribution is -2.46. The average Bonchev–Trinajstić information content (AvgIpc) is 3.39. The van der Waals surface area contributed by atoms with E-state index in [4.69, 9.17) is 5.73 Å². The fraction of sp³-hybridized carbons (Fsp3) is 0.556. The summed E-state index contributed by atoms with van der Waals surface area (Å²) in [6, 6.07) is 7.40. The van der Waals surface area contributed by atoms with E-state index in [1.54, 1.807) is 0 Å². The fourth-order valence-corrected chi connectivity index (χ4v) is 3.05. The molecule has 2 aliphatic rings. The number of nitrogens with two attached hydrogens (primary N) is 1. The van der Waals surface area contributed by atoms with Crippen molar-refractivity contribution < 1.29 is 9.59 Å². The number of rotatable bonds is 5. The molecule has 5 nitrogen and oxygen atoms in total. The van der Waals surface area contributed by atoms with Crippen LogP contribution in [0.3, 0.4) is 0 Å². The van der Waals surface area contributed by atoms with Gasteiger partial charge in [0.15, 0.2) is 0 Å². The summed E-state index contributed by atoms with van der Waals surface area (Å²) < 4.78 is 0. The Kier molecular flexibility index (Phi) is 6.49. The van der Waals surface area contributed by atoms with Crippen molar-refractivity contribution in [3.8, 4) is 0 Å². The first-order valence-corrected chi connectivity index (χ1v) is 8.51. The highest BCUT2D eigenvalue weighted by Crippen LogP contribution is 2.28. The number of likely N-dealkylation sites (tertiary alicyclic amines) is 1. The Morgan fingerprint density at radius 2 is 1.88 bits per heavy atom. The molecule has 1 atom stereocenters. The van der Waals surface area contributed by atoms with Gasteiger partial charge in [0.1, 0.15) is 0 Å². The molecule has 2 fully saturated rings. The number of piperidine rings is 1. The zero-order valence-corrected chi connectivity index (χ0v) is 14.7. The topological polar surface area (TPSA) is 75.4 Å². The van der Waals surface area contributed by atoms with Crippen LogP contribution in [-0.2, 0) is 16.0 Å². The van der Waals surface area contributed by atoms with E-state index < -0.39 is 0 Å². The summed E-state index contributed by atoms with van der Waals surface area (Å²) in [7, 11) is 0. The molecule has 132 valence electrons. The molecule has 1 aliphatic heterocycles. The molecule has 1 heterocycles. The van der Waals surface area contributed by atoms with Gasteiger partial charge < -0.3 is 16.0 Å². The summed E-state index contributed by atoms with van der Waals surface area (Å²) in [5.41, 5.74) is 7.33. The summed E-state index contributed by atoms with van der Waals surface area (Å²) in [6.45, 7) is 2.10. The van der Waals surface area contributed by atoms with E-state index in [2.05, 4.69) is 5.32 Å². The van der Waals surface area contributed by atoms with E-state index in [0.717, 1.165) is 31.5 Å². The lowest BCUT2D eigenvalue weighted by atomic mass is 9.96. The number of anilines is 1. The molecular formula is C18H26ClN3O2. The molecule has 2 amide bonds. The van der Waals surface area contributed by atoms with Gasteiger partial charge in [0.05, 0.1) is 12.3 Å². The van der Waals surface area contributed by atoms with Crippen LogP contribution < -0.4 is 11.1 Å². The molecule has 1 unspecified atom stereocenters. The Balaban J connectivity index is 0.00000208. The Morgan fingerprint density at radius 3 is 2.54 bits per heavy atom. The Bertz CT molecular complexity index is 572. The summed E-state index contributed by atoms with van der Waals surface area (Å²) in [6.07, 6.45) is 4.61. The highest BCUT2D eigenvalue weighted by Gasteiger charge is 2.29. The lowest BCUT2D eigenvalue weighted by Gasteiger charge is -2.32. The summed E-state index contributed by atoms with van der Waals surface area (Å²) in [5.74, 6) is 0.833. The van der Waals surface area contributed by atoms with Gasteiger partial charge in [-0.25, -0.2) is 0 Å². The van der Waals surface area contributed by atoms with Crippen molar-refractivity contribution in [2.24, 2.45) is 11.8 Å². The highest BCUT2D eigenvalue weighted by atomic mass is 35.5. The van der Waals surface area contributed by atoms with Crippen LogP contribution >= 0.6 is 12.4 Å². The molecule has 1 aromatic carbocycles. The minimum atomic E-state index is -0.0575. The van der Waals surface area contributed by atoms with Gasteiger partial charge in [0.2, 0.25) is 11.8 Å². The van der Waals surface area contributed by atoms with E-state index in [1.807, 2.05) is 29.2 Å². The Labute approximate surface area is 149 Å². The van der Waals surface area contributed by atoms with Crippen LogP contribution in [0.15, 0.2) is 24.3 Å². The predicted molar refractivity (Wildman–Crippen MR) is 96.8 cm³/mol. The van der Waals surface area contributed by atoms with Gasteiger partial charge in [-0.3, -0.25) is 9.59 Å². The van der Waals surface area contributed by atoms with Crippen LogP contribution in [0.2, 0.25) is 0 Å². The number of carbonyl (C=O) groups excluding carboxylic acids is 2. The van der Waals surface area contributed by atoms with Gasteiger partial charge in [-0.1, -0.05) is 12.1 Å². The second kappa shape index (κ2) is 8.38. The maximum atomic E-state index is 12.5. The minimum absolute atomic E-state index is 0. The maximum absolute atomic E-state index is 12.5. The SMILES string of the molecule is Cl.Nc1ccc(CC(=O)N2CCCC(C(=O)NCC3CC3)C2)cc1. The zero-order chi connectivity index (χ0) is 16.2. The summed E-state index contributed by atoms with van der Waals surface area (Å²) >= 11 is 0. The molecule has 0 spiro atoms. The lowest BCUT2D eigenvalue weighted by molar-refractivity contribution is -0.135. The van der Waals surface area contributed by atoms with Crippen molar-refractivity contribution in [2.45, 2.75) is 32.1 Å². The third kappa shape index (κ3) is 5.13. The number of nitrogens with one attached hydrogen (secondary N) is 1. The molecule has 3 N–H and O–H groups in total. The first kappa shape index (κ1) is 18.6. The normalized spacial score (nSPS) is 20.2. The largest absolute Gasteiger partial charge is 0.399 e. The molecule has 3 rings (SSSR count). The highest BCUT2D eigenvalue weighted by molar-refractivity contribution is 5.85. The molecule has 0 bridgehead atoms. The molecular weight excluding hydrogens is 326 g/mol. The second-order valence-electron chi connectivity index (χ2n) is 6.79. The maximum Gasteiger partial charge on any atom is 0.227 e. The number of nitrogen functional groups attached to an aromatic ring is 1. The van der Waals surface area contributed by atoms with Gasteiger partial charge in [0, 0.05) is 25.3 Å². The number of benzene rings is 1. The minimum Gasteiger partial charge on any atom is -0.399 e. The first-order valence-electron chi connectivity index (χ1n) is 8.51. The molecule has 6 heteroatoms. The number of amides is 2. The molecule has 1 aliphatic carbocycles. The Morgan fingerprint density at radius 1 is 1.17 bits per heavy atom. The number of carbonyl (C=O) groups is 2. The predicted octanol–water partition coefficient (Wildman–Crippen LogP) is 2.00. The van der Waals surface area contributed by atoms with Crippen LogP contribution in [0.4, 0.5) is 5.69 Å². The summed E-state index contributed by atoms with van der Waals surface area (Å²) in [5, 5.41) is 3.04. The van der Waals surface area contributed by atoms with E-state index in [-0.39, 0.29) is 30.1 Å². The average molecular weight is 352 g/mol. The number of hydrogen-bond acceptors (Lipinski definition) is 3. The molecule has 0 radical (unpaired) electrons. The fourth-order valence-electron chi connectivity index (χ4n) is 3.05. The first-order chi connectivity index (χ1) is 11.1. The van der Waals surface area contributed by atoms with E-state index in [9.17, 15) is 9.59 Å². The monoisotopic (exact) mass is 351 g/mol. The standard InChI is InChI=1S/C18H25N3O2.ClH/c19-16-7-5-13(6-8-16)10-17(22)21-9-1-2-15(12-21)18(23)20-11-14-3-4-14;/h5-8,14-15H,1-4,9-12,19H2,(H,20,23);1H. The van der Waals surface area contributed by atoms with Crippen molar-refractivity contribution in [3.05, 3.63) is 29.8 Å². The van der Waals surface area contributed by atoms with Crippen molar-refractivity contribution in [2.75, 3.05) is 25.4 Å². The zero-order valence-electron chi connectivity index (χ0n) is 13.9.